The van der Waals surface area contributed by atoms with E-state index in [1.165, 1.54) is 24.7 Å². The van der Waals surface area contributed by atoms with Crippen molar-refractivity contribution >= 4 is 0 Å². The molecule has 5 unspecified atom stereocenters. The Morgan fingerprint density at radius 1 is 0.929 bits per heavy atom. The molecular weight excluding hydrogens is 168 g/mol. The average molecular weight is 192 g/mol. The lowest BCUT2D eigenvalue weighted by Crippen LogP contribution is -2.44. The number of rotatable bonds is 2. The topological polar surface area (TPSA) is 0 Å². The minimum atomic E-state index is 1.11. The SMILES string of the molecule is CCCC1CC2CCC3C(C1)CC3C2. The van der Waals surface area contributed by atoms with E-state index in [0.717, 1.165) is 17.8 Å². The van der Waals surface area contributed by atoms with Gasteiger partial charge >= 0.3 is 0 Å². The third-order valence-electron chi connectivity index (χ3n) is 5.36. The fourth-order valence-electron chi connectivity index (χ4n) is 4.77. The van der Waals surface area contributed by atoms with Gasteiger partial charge in [0.25, 0.3) is 0 Å². The molecular formula is C14H24. The van der Waals surface area contributed by atoms with E-state index in [0.29, 0.717) is 0 Å². The van der Waals surface area contributed by atoms with Gasteiger partial charge in [-0.15, -0.1) is 0 Å². The summed E-state index contributed by atoms with van der Waals surface area (Å²) >= 11 is 0. The Kier molecular flexibility index (Phi) is 2.34. The molecule has 0 amide bonds. The third-order valence-corrected chi connectivity index (χ3v) is 5.36. The van der Waals surface area contributed by atoms with Crippen molar-refractivity contribution in [1.29, 1.82) is 0 Å². The fraction of sp³-hybridized carbons (Fsp3) is 1.00. The molecule has 0 nitrogen and oxygen atoms in total. The second-order valence-electron chi connectivity index (χ2n) is 6.22. The highest BCUT2D eigenvalue weighted by molar-refractivity contribution is 4.97. The molecule has 0 N–H and O–H groups in total. The second-order valence-corrected chi connectivity index (χ2v) is 6.22. The van der Waals surface area contributed by atoms with Crippen LogP contribution < -0.4 is 0 Å². The normalized spacial score (nSPS) is 50.8. The zero-order chi connectivity index (χ0) is 9.54. The van der Waals surface area contributed by atoms with E-state index in [9.17, 15) is 0 Å². The highest BCUT2D eigenvalue weighted by atomic mass is 14.5. The van der Waals surface area contributed by atoms with Crippen molar-refractivity contribution < 1.29 is 0 Å². The Balaban J connectivity index is 1.70. The van der Waals surface area contributed by atoms with Crippen molar-refractivity contribution in [3.05, 3.63) is 0 Å². The van der Waals surface area contributed by atoms with Crippen LogP contribution in [0.15, 0.2) is 0 Å². The molecule has 0 heterocycles. The maximum absolute atomic E-state index is 2.36. The maximum atomic E-state index is 2.36. The zero-order valence-corrected chi connectivity index (χ0v) is 9.54. The number of hydrogen-bond donors (Lipinski definition) is 0. The monoisotopic (exact) mass is 192 g/mol. The van der Waals surface area contributed by atoms with Crippen LogP contribution in [-0.2, 0) is 0 Å². The van der Waals surface area contributed by atoms with Crippen LogP contribution in [0.1, 0.15) is 58.3 Å². The van der Waals surface area contributed by atoms with Crippen molar-refractivity contribution in [1.82, 2.24) is 0 Å². The highest BCUT2D eigenvalue weighted by Crippen LogP contribution is 2.57. The quantitative estimate of drug-likeness (QED) is 0.613. The summed E-state index contributed by atoms with van der Waals surface area (Å²) in [6.07, 6.45) is 12.5. The third kappa shape index (κ3) is 1.42. The van der Waals surface area contributed by atoms with Gasteiger partial charge in [0.05, 0.1) is 0 Å². The van der Waals surface area contributed by atoms with E-state index in [1.807, 2.05) is 0 Å². The molecule has 80 valence electrons. The largest absolute Gasteiger partial charge is 0.0654 e. The van der Waals surface area contributed by atoms with E-state index in [4.69, 9.17) is 0 Å². The van der Waals surface area contributed by atoms with Crippen LogP contribution in [0.5, 0.6) is 0 Å². The van der Waals surface area contributed by atoms with Gasteiger partial charge in [0.1, 0.15) is 0 Å². The molecule has 4 bridgehead atoms. The molecule has 5 fully saturated rings. The van der Waals surface area contributed by atoms with Gasteiger partial charge in [-0.05, 0) is 61.7 Å². The van der Waals surface area contributed by atoms with Crippen LogP contribution in [-0.4, -0.2) is 0 Å². The van der Waals surface area contributed by atoms with Gasteiger partial charge in [0.15, 0.2) is 0 Å². The summed E-state index contributed by atoms with van der Waals surface area (Å²) in [6, 6.07) is 0. The van der Waals surface area contributed by atoms with Crippen LogP contribution in [0.25, 0.3) is 0 Å². The van der Waals surface area contributed by atoms with Gasteiger partial charge < -0.3 is 0 Å². The molecule has 5 rings (SSSR count). The molecule has 0 spiro atoms. The highest BCUT2D eigenvalue weighted by Gasteiger charge is 2.47. The van der Waals surface area contributed by atoms with Gasteiger partial charge in [-0.3, -0.25) is 0 Å². The van der Waals surface area contributed by atoms with Crippen molar-refractivity contribution in [2.24, 2.45) is 29.6 Å². The summed E-state index contributed by atoms with van der Waals surface area (Å²) in [4.78, 5) is 0. The Bertz CT molecular complexity index is 202. The Hall–Kier alpha value is 0. The van der Waals surface area contributed by atoms with Crippen LogP contribution >= 0.6 is 0 Å². The lowest BCUT2D eigenvalue weighted by atomic mass is 9.51. The van der Waals surface area contributed by atoms with Gasteiger partial charge in [0.2, 0.25) is 0 Å². The molecule has 5 aliphatic rings. The summed E-state index contributed by atoms with van der Waals surface area (Å²) in [6.45, 7) is 2.36. The minimum absolute atomic E-state index is 1.11. The Morgan fingerprint density at radius 2 is 1.79 bits per heavy atom. The average Bonchev–Trinajstić information content (AvgIpc) is 2.09. The van der Waals surface area contributed by atoms with E-state index in [2.05, 4.69) is 6.92 Å². The van der Waals surface area contributed by atoms with Crippen LogP contribution in [0.4, 0.5) is 0 Å². The van der Waals surface area contributed by atoms with E-state index < -0.39 is 0 Å². The van der Waals surface area contributed by atoms with Gasteiger partial charge in [-0.25, -0.2) is 0 Å². The molecule has 0 aromatic rings. The summed E-state index contributed by atoms with van der Waals surface area (Å²) in [5.41, 5.74) is 0. The van der Waals surface area contributed by atoms with Crippen molar-refractivity contribution in [2.45, 2.75) is 58.3 Å². The van der Waals surface area contributed by atoms with Crippen LogP contribution in [0.3, 0.4) is 0 Å². The number of hydrogen-bond acceptors (Lipinski definition) is 0. The van der Waals surface area contributed by atoms with Crippen molar-refractivity contribution in [2.75, 3.05) is 0 Å². The van der Waals surface area contributed by atoms with Gasteiger partial charge in [-0.1, -0.05) is 26.2 Å². The van der Waals surface area contributed by atoms with Gasteiger partial charge in [0, 0.05) is 0 Å². The summed E-state index contributed by atoms with van der Waals surface area (Å²) in [5.74, 6) is 5.78. The van der Waals surface area contributed by atoms with Crippen LogP contribution in [0.2, 0.25) is 0 Å². The maximum Gasteiger partial charge on any atom is -0.0357 e. The first-order valence-electron chi connectivity index (χ1n) is 6.86. The van der Waals surface area contributed by atoms with Crippen molar-refractivity contribution in [3.8, 4) is 0 Å². The first-order valence-corrected chi connectivity index (χ1v) is 6.86. The summed E-state index contributed by atoms with van der Waals surface area (Å²) < 4.78 is 0. The zero-order valence-electron chi connectivity index (χ0n) is 9.54. The molecule has 0 aromatic heterocycles. The molecule has 0 aromatic carbocycles. The van der Waals surface area contributed by atoms with Crippen molar-refractivity contribution in [3.63, 3.8) is 0 Å². The first kappa shape index (κ1) is 9.24. The molecule has 5 atom stereocenters. The fourth-order valence-corrected chi connectivity index (χ4v) is 4.77. The predicted molar refractivity (Wildman–Crippen MR) is 60.1 cm³/mol. The molecule has 0 aliphatic heterocycles. The lowest BCUT2D eigenvalue weighted by molar-refractivity contribution is -0.0376. The Morgan fingerprint density at radius 3 is 2.57 bits per heavy atom. The minimum Gasteiger partial charge on any atom is -0.0654 e. The lowest BCUT2D eigenvalue weighted by Gasteiger charge is -2.54. The van der Waals surface area contributed by atoms with E-state index in [1.54, 1.807) is 38.5 Å². The summed E-state index contributed by atoms with van der Waals surface area (Å²) in [7, 11) is 0. The molecule has 0 heteroatoms. The van der Waals surface area contributed by atoms with Crippen LogP contribution in [0, 0.1) is 29.6 Å². The molecule has 5 aliphatic carbocycles. The van der Waals surface area contributed by atoms with Gasteiger partial charge in [-0.2, -0.15) is 0 Å². The molecule has 5 saturated carbocycles. The first-order chi connectivity index (χ1) is 6.86. The predicted octanol–water partition coefficient (Wildman–Crippen LogP) is 4.25. The number of fused-ring (bicyclic) bond motifs is 1. The van der Waals surface area contributed by atoms with E-state index >= 15 is 0 Å². The smallest absolute Gasteiger partial charge is 0.0357 e. The standard InChI is InChI=1S/C14H24/c1-2-3-10-6-11-4-5-14-12(7-10)9-13(14)8-11/h10-14H,2-9H2,1H3. The summed E-state index contributed by atoms with van der Waals surface area (Å²) in [5, 5.41) is 0. The second kappa shape index (κ2) is 3.54. The Labute approximate surface area is 88.5 Å². The van der Waals surface area contributed by atoms with E-state index in [-0.39, 0.29) is 0 Å². The molecule has 0 saturated heterocycles. The molecule has 0 radical (unpaired) electrons. The molecule has 14 heavy (non-hydrogen) atoms.